The van der Waals surface area contributed by atoms with E-state index in [1.807, 2.05) is 0 Å². The molecule has 0 heterocycles. The van der Waals surface area contributed by atoms with Crippen molar-refractivity contribution in [2.24, 2.45) is 0 Å². The van der Waals surface area contributed by atoms with Crippen LogP contribution in [0, 0.1) is 10.8 Å². The van der Waals surface area contributed by atoms with Gasteiger partial charge >= 0.3 is 0 Å². The van der Waals surface area contributed by atoms with E-state index in [1.165, 1.54) is 0 Å². The third kappa shape index (κ3) is 5.70. The quantitative estimate of drug-likeness (QED) is 0.385. The van der Waals surface area contributed by atoms with Gasteiger partial charge in [-0.15, -0.1) is 0 Å². The molecule has 0 aliphatic carbocycles. The molecule has 5 heteroatoms. The number of carbonyl (C=O) groups excluding carboxylic acids is 1. The number of carbonyl (C=O) groups is 1. The van der Waals surface area contributed by atoms with Crippen molar-refractivity contribution >= 4 is 17.3 Å². The molecule has 5 nitrogen and oxygen atoms in total. The molecule has 0 aromatic heterocycles. The molecular formula is C9H13N3O2. The SMILES string of the molecule is CC(=N)/C=C\CNC(=O)C(=N)/C=C\O. The second-order valence-corrected chi connectivity index (χ2v) is 2.52. The second kappa shape index (κ2) is 6.59. The number of hydrogen-bond acceptors (Lipinski definition) is 4. The molecule has 4 N–H and O–H groups in total. The highest BCUT2D eigenvalue weighted by atomic mass is 16.2. The van der Waals surface area contributed by atoms with Gasteiger partial charge in [0.2, 0.25) is 0 Å². The van der Waals surface area contributed by atoms with Gasteiger partial charge in [-0.05, 0) is 13.0 Å². The Bertz CT molecular complexity index is 292. The molecule has 0 unspecified atom stereocenters. The Labute approximate surface area is 82.2 Å². The molecule has 14 heavy (non-hydrogen) atoms. The predicted molar refractivity (Wildman–Crippen MR) is 55.0 cm³/mol. The molecule has 0 saturated carbocycles. The standard InChI is InChI=1S/C9H13N3O2/c1-7(10)3-2-5-12-9(14)8(11)4-6-13/h2-4,6,10-11,13H,5H2,1H3,(H,12,14)/b3-2-,6-4-,10-7?,11-8?. The van der Waals surface area contributed by atoms with E-state index in [2.05, 4.69) is 5.32 Å². The van der Waals surface area contributed by atoms with Crippen LogP contribution in [-0.4, -0.2) is 29.0 Å². The molecule has 0 aliphatic rings. The first kappa shape index (κ1) is 12.1. The number of nitrogens with one attached hydrogen (secondary N) is 3. The van der Waals surface area contributed by atoms with Crippen LogP contribution in [0.4, 0.5) is 0 Å². The van der Waals surface area contributed by atoms with E-state index in [-0.39, 0.29) is 12.3 Å². The van der Waals surface area contributed by atoms with E-state index in [4.69, 9.17) is 15.9 Å². The van der Waals surface area contributed by atoms with Gasteiger partial charge in [-0.3, -0.25) is 10.2 Å². The molecule has 0 aromatic rings. The van der Waals surface area contributed by atoms with Crippen molar-refractivity contribution in [1.29, 1.82) is 10.8 Å². The van der Waals surface area contributed by atoms with Crippen LogP contribution in [0.1, 0.15) is 6.92 Å². The summed E-state index contributed by atoms with van der Waals surface area (Å²) in [6.07, 6.45) is 4.78. The first-order valence-corrected chi connectivity index (χ1v) is 3.97. The van der Waals surface area contributed by atoms with Crippen molar-refractivity contribution in [3.8, 4) is 0 Å². The first-order valence-electron chi connectivity index (χ1n) is 3.97. The molecule has 0 radical (unpaired) electrons. The molecule has 0 rings (SSSR count). The Hall–Kier alpha value is -1.91. The zero-order chi connectivity index (χ0) is 11.0. The lowest BCUT2D eigenvalue weighted by atomic mass is 10.3. The second-order valence-electron chi connectivity index (χ2n) is 2.52. The maximum Gasteiger partial charge on any atom is 0.269 e. The number of allylic oxidation sites excluding steroid dienone is 1. The van der Waals surface area contributed by atoms with E-state index in [0.29, 0.717) is 12.0 Å². The van der Waals surface area contributed by atoms with Gasteiger partial charge in [0, 0.05) is 18.3 Å². The third-order valence-corrected chi connectivity index (χ3v) is 1.23. The summed E-state index contributed by atoms with van der Waals surface area (Å²) in [5.41, 5.74) is 0.0806. The topological polar surface area (TPSA) is 97.0 Å². The summed E-state index contributed by atoms with van der Waals surface area (Å²) >= 11 is 0. The van der Waals surface area contributed by atoms with E-state index in [0.717, 1.165) is 6.08 Å². The van der Waals surface area contributed by atoms with Crippen LogP contribution in [-0.2, 0) is 4.79 Å². The van der Waals surface area contributed by atoms with Gasteiger partial charge < -0.3 is 15.8 Å². The van der Waals surface area contributed by atoms with Crippen LogP contribution in [0.2, 0.25) is 0 Å². The van der Waals surface area contributed by atoms with Crippen molar-refractivity contribution in [1.82, 2.24) is 5.32 Å². The lowest BCUT2D eigenvalue weighted by molar-refractivity contribution is -0.114. The average molecular weight is 195 g/mol. The highest BCUT2D eigenvalue weighted by molar-refractivity contribution is 6.41. The Morgan fingerprint density at radius 2 is 2.07 bits per heavy atom. The van der Waals surface area contributed by atoms with Crippen molar-refractivity contribution in [3.63, 3.8) is 0 Å². The zero-order valence-electron chi connectivity index (χ0n) is 7.87. The molecule has 0 atom stereocenters. The van der Waals surface area contributed by atoms with Crippen LogP contribution in [0.15, 0.2) is 24.5 Å². The van der Waals surface area contributed by atoms with Gasteiger partial charge in [-0.25, -0.2) is 0 Å². The number of aliphatic hydroxyl groups is 1. The van der Waals surface area contributed by atoms with Gasteiger partial charge in [0.25, 0.3) is 5.91 Å². The molecular weight excluding hydrogens is 182 g/mol. The summed E-state index contributed by atoms with van der Waals surface area (Å²) in [5.74, 6) is -0.567. The molecule has 0 aromatic carbocycles. The smallest absolute Gasteiger partial charge is 0.269 e. The summed E-state index contributed by atoms with van der Waals surface area (Å²) < 4.78 is 0. The molecule has 0 saturated heterocycles. The normalized spacial score (nSPS) is 10.6. The monoisotopic (exact) mass is 195 g/mol. The van der Waals surface area contributed by atoms with Crippen molar-refractivity contribution in [3.05, 3.63) is 24.5 Å². The van der Waals surface area contributed by atoms with Crippen molar-refractivity contribution in [2.45, 2.75) is 6.92 Å². The minimum Gasteiger partial charge on any atom is -0.516 e. The van der Waals surface area contributed by atoms with Crippen LogP contribution in [0.5, 0.6) is 0 Å². The highest BCUT2D eigenvalue weighted by Crippen LogP contribution is 1.79. The Kier molecular flexibility index (Phi) is 5.69. The Balaban J connectivity index is 3.86. The van der Waals surface area contributed by atoms with Gasteiger partial charge in [-0.2, -0.15) is 0 Å². The average Bonchev–Trinajstić information content (AvgIpc) is 2.12. The van der Waals surface area contributed by atoms with Crippen molar-refractivity contribution in [2.75, 3.05) is 6.54 Å². The maximum absolute atomic E-state index is 11.0. The predicted octanol–water partition coefficient (Wildman–Crippen LogP) is 0.790. The minimum atomic E-state index is -0.567. The number of amides is 1. The lowest BCUT2D eigenvalue weighted by Crippen LogP contribution is -2.29. The number of aliphatic hydroxyl groups excluding tert-OH is 1. The molecule has 0 spiro atoms. The summed E-state index contributed by atoms with van der Waals surface area (Å²) in [5, 5.41) is 24.8. The van der Waals surface area contributed by atoms with E-state index >= 15 is 0 Å². The molecule has 0 bridgehead atoms. The van der Waals surface area contributed by atoms with Gasteiger partial charge in [0.05, 0.1) is 6.26 Å². The van der Waals surface area contributed by atoms with Gasteiger partial charge in [0.1, 0.15) is 5.71 Å². The summed E-state index contributed by atoms with van der Waals surface area (Å²) in [6, 6.07) is 0. The molecule has 76 valence electrons. The summed E-state index contributed by atoms with van der Waals surface area (Å²) in [7, 11) is 0. The fourth-order valence-corrected chi connectivity index (χ4v) is 0.633. The van der Waals surface area contributed by atoms with Crippen LogP contribution in [0.3, 0.4) is 0 Å². The fraction of sp³-hybridized carbons (Fsp3) is 0.222. The highest BCUT2D eigenvalue weighted by Gasteiger charge is 2.02. The number of hydrogen-bond donors (Lipinski definition) is 4. The van der Waals surface area contributed by atoms with Crippen molar-refractivity contribution < 1.29 is 9.90 Å². The van der Waals surface area contributed by atoms with Crippen LogP contribution >= 0.6 is 0 Å². The summed E-state index contributed by atoms with van der Waals surface area (Å²) in [6.45, 7) is 1.88. The van der Waals surface area contributed by atoms with E-state index in [1.54, 1.807) is 19.1 Å². The van der Waals surface area contributed by atoms with E-state index < -0.39 is 5.91 Å². The van der Waals surface area contributed by atoms with Crippen LogP contribution < -0.4 is 5.32 Å². The zero-order valence-corrected chi connectivity index (χ0v) is 7.87. The molecule has 0 aliphatic heterocycles. The van der Waals surface area contributed by atoms with Crippen LogP contribution in [0.25, 0.3) is 0 Å². The fourth-order valence-electron chi connectivity index (χ4n) is 0.633. The van der Waals surface area contributed by atoms with E-state index in [9.17, 15) is 4.79 Å². The first-order chi connectivity index (χ1) is 6.57. The summed E-state index contributed by atoms with van der Waals surface area (Å²) in [4.78, 5) is 11.0. The third-order valence-electron chi connectivity index (χ3n) is 1.23. The lowest BCUT2D eigenvalue weighted by Gasteiger charge is -1.98. The molecule has 1 amide bonds. The minimum absolute atomic E-state index is 0.261. The molecule has 0 fully saturated rings. The number of rotatable bonds is 5. The Morgan fingerprint density at radius 3 is 2.57 bits per heavy atom. The van der Waals surface area contributed by atoms with Gasteiger partial charge in [0.15, 0.2) is 0 Å². The maximum atomic E-state index is 11.0. The largest absolute Gasteiger partial charge is 0.516 e. The van der Waals surface area contributed by atoms with Gasteiger partial charge in [-0.1, -0.05) is 6.08 Å². The Morgan fingerprint density at radius 1 is 1.43 bits per heavy atom.